The first-order chi connectivity index (χ1) is 9.15. The van der Waals surface area contributed by atoms with E-state index in [1.807, 2.05) is 0 Å². The molecule has 1 heterocycles. The van der Waals surface area contributed by atoms with Gasteiger partial charge in [-0.3, -0.25) is 4.79 Å². The van der Waals surface area contributed by atoms with Crippen molar-refractivity contribution < 1.29 is 24.5 Å². The van der Waals surface area contributed by atoms with Gasteiger partial charge < -0.3 is 14.9 Å². The Labute approximate surface area is 117 Å². The van der Waals surface area contributed by atoms with Crippen molar-refractivity contribution in [3.05, 3.63) is 11.6 Å². The SMILES string of the molecule is CC1(C)C(=O)CC[C@]2(C)[C@@H]1[C@@H](O)C=C1COC(=O)[C@@]12O. The van der Waals surface area contributed by atoms with Gasteiger partial charge in [0.05, 0.1) is 6.10 Å². The molecule has 0 aromatic rings. The number of aliphatic hydroxyl groups excluding tert-OH is 1. The van der Waals surface area contributed by atoms with Gasteiger partial charge in [0.25, 0.3) is 0 Å². The Hall–Kier alpha value is -1.20. The average Bonchev–Trinajstić information content (AvgIpc) is 2.64. The van der Waals surface area contributed by atoms with Crippen LogP contribution in [-0.4, -0.2) is 40.3 Å². The molecule has 4 atom stereocenters. The Kier molecular flexibility index (Phi) is 2.55. The molecule has 20 heavy (non-hydrogen) atoms. The van der Waals surface area contributed by atoms with Crippen LogP contribution in [0.15, 0.2) is 11.6 Å². The fourth-order valence-electron chi connectivity index (χ4n) is 4.58. The summed E-state index contributed by atoms with van der Waals surface area (Å²) in [6.45, 7) is 5.37. The number of carbonyl (C=O) groups is 2. The molecule has 0 bridgehead atoms. The average molecular weight is 280 g/mol. The van der Waals surface area contributed by atoms with E-state index in [0.29, 0.717) is 18.4 Å². The van der Waals surface area contributed by atoms with E-state index in [0.717, 1.165) is 0 Å². The predicted octanol–water partition coefficient (Wildman–Crippen LogP) is 0.587. The molecule has 0 radical (unpaired) electrons. The second-order valence-electron chi connectivity index (χ2n) is 7.01. The molecule has 0 aromatic carbocycles. The highest BCUT2D eigenvalue weighted by Crippen LogP contribution is 2.61. The van der Waals surface area contributed by atoms with E-state index in [9.17, 15) is 19.8 Å². The Morgan fingerprint density at radius 3 is 2.60 bits per heavy atom. The van der Waals surface area contributed by atoms with Crippen LogP contribution in [0, 0.1) is 16.7 Å². The van der Waals surface area contributed by atoms with Crippen molar-refractivity contribution >= 4 is 11.8 Å². The van der Waals surface area contributed by atoms with E-state index in [1.54, 1.807) is 20.8 Å². The molecule has 0 aromatic heterocycles. The van der Waals surface area contributed by atoms with E-state index < -0.39 is 34.4 Å². The van der Waals surface area contributed by atoms with Crippen LogP contribution in [0.2, 0.25) is 0 Å². The summed E-state index contributed by atoms with van der Waals surface area (Å²) in [6.07, 6.45) is 1.32. The van der Waals surface area contributed by atoms with E-state index in [-0.39, 0.29) is 12.4 Å². The number of aliphatic hydroxyl groups is 2. The summed E-state index contributed by atoms with van der Waals surface area (Å²) < 4.78 is 5.01. The molecule has 5 nitrogen and oxygen atoms in total. The number of cyclic esters (lactones) is 1. The lowest BCUT2D eigenvalue weighted by Crippen LogP contribution is -2.66. The third-order valence-electron chi connectivity index (χ3n) is 5.71. The number of hydrogen-bond acceptors (Lipinski definition) is 5. The molecule has 110 valence electrons. The number of Topliss-reactive ketones (excluding diaryl/α,β-unsaturated/α-hetero) is 1. The van der Waals surface area contributed by atoms with Gasteiger partial charge in [0.1, 0.15) is 12.4 Å². The topological polar surface area (TPSA) is 83.8 Å². The smallest absolute Gasteiger partial charge is 0.343 e. The lowest BCUT2D eigenvalue weighted by Gasteiger charge is -2.57. The zero-order valence-corrected chi connectivity index (χ0v) is 12.0. The Bertz CT molecular complexity index is 534. The molecule has 1 aliphatic heterocycles. The number of hydrogen-bond donors (Lipinski definition) is 2. The zero-order chi connectivity index (χ0) is 14.9. The van der Waals surface area contributed by atoms with Crippen molar-refractivity contribution in [2.75, 3.05) is 6.61 Å². The summed E-state index contributed by atoms with van der Waals surface area (Å²) in [5, 5.41) is 21.5. The molecule has 1 saturated carbocycles. The lowest BCUT2D eigenvalue weighted by molar-refractivity contribution is -0.191. The van der Waals surface area contributed by atoms with Gasteiger partial charge in [-0.1, -0.05) is 20.8 Å². The van der Waals surface area contributed by atoms with Crippen LogP contribution < -0.4 is 0 Å². The molecule has 3 rings (SSSR count). The Morgan fingerprint density at radius 2 is 1.95 bits per heavy atom. The summed E-state index contributed by atoms with van der Waals surface area (Å²) in [5.74, 6) is -1.10. The quantitative estimate of drug-likeness (QED) is 0.501. The minimum absolute atomic E-state index is 0.0169. The van der Waals surface area contributed by atoms with Crippen molar-refractivity contribution in [2.24, 2.45) is 16.7 Å². The monoisotopic (exact) mass is 280 g/mol. The first-order valence-electron chi connectivity index (χ1n) is 6.98. The molecular formula is C15H20O5. The van der Waals surface area contributed by atoms with Crippen molar-refractivity contribution in [3.63, 3.8) is 0 Å². The zero-order valence-electron chi connectivity index (χ0n) is 12.0. The van der Waals surface area contributed by atoms with E-state index >= 15 is 0 Å². The largest absolute Gasteiger partial charge is 0.459 e. The third kappa shape index (κ3) is 1.30. The molecule has 2 fully saturated rings. The van der Waals surface area contributed by atoms with Gasteiger partial charge >= 0.3 is 5.97 Å². The maximum absolute atomic E-state index is 12.2. The van der Waals surface area contributed by atoms with Gasteiger partial charge in [0.15, 0.2) is 5.60 Å². The van der Waals surface area contributed by atoms with Crippen molar-refractivity contribution in [3.8, 4) is 0 Å². The third-order valence-corrected chi connectivity index (χ3v) is 5.71. The molecule has 0 amide bonds. The number of rotatable bonds is 0. The van der Waals surface area contributed by atoms with Gasteiger partial charge in [0, 0.05) is 28.7 Å². The van der Waals surface area contributed by atoms with E-state index in [1.165, 1.54) is 6.08 Å². The summed E-state index contributed by atoms with van der Waals surface area (Å²) in [4.78, 5) is 24.3. The number of esters is 1. The summed E-state index contributed by atoms with van der Waals surface area (Å²) in [7, 11) is 0. The highest BCUT2D eigenvalue weighted by molar-refractivity contribution is 5.91. The molecule has 1 saturated heterocycles. The maximum atomic E-state index is 12.2. The van der Waals surface area contributed by atoms with Crippen molar-refractivity contribution in [2.45, 2.75) is 45.3 Å². The number of ketones is 1. The number of fused-ring (bicyclic) bond motifs is 3. The second kappa shape index (κ2) is 3.71. The molecule has 0 unspecified atom stereocenters. The van der Waals surface area contributed by atoms with Gasteiger partial charge in [-0.25, -0.2) is 4.79 Å². The first-order valence-corrected chi connectivity index (χ1v) is 6.98. The normalized spacial score (nSPS) is 46.4. The van der Waals surface area contributed by atoms with Crippen molar-refractivity contribution in [1.29, 1.82) is 0 Å². The molecule has 5 heteroatoms. The van der Waals surface area contributed by atoms with Gasteiger partial charge in [0.2, 0.25) is 0 Å². The van der Waals surface area contributed by atoms with Crippen molar-refractivity contribution in [1.82, 2.24) is 0 Å². The second-order valence-corrected chi connectivity index (χ2v) is 7.01. The highest BCUT2D eigenvalue weighted by atomic mass is 16.6. The Morgan fingerprint density at radius 1 is 1.30 bits per heavy atom. The molecule has 3 aliphatic rings. The predicted molar refractivity (Wildman–Crippen MR) is 69.6 cm³/mol. The van der Waals surface area contributed by atoms with Gasteiger partial charge in [-0.05, 0) is 12.5 Å². The fraction of sp³-hybridized carbons (Fsp3) is 0.733. The van der Waals surface area contributed by atoms with Gasteiger partial charge in [-0.2, -0.15) is 0 Å². The molecular weight excluding hydrogens is 260 g/mol. The minimum atomic E-state index is -1.71. The Balaban J connectivity index is 2.22. The summed E-state index contributed by atoms with van der Waals surface area (Å²) in [5.41, 5.74) is -2.96. The maximum Gasteiger partial charge on any atom is 0.343 e. The number of ether oxygens (including phenoxy) is 1. The minimum Gasteiger partial charge on any atom is -0.459 e. The van der Waals surface area contributed by atoms with Crippen LogP contribution in [0.5, 0.6) is 0 Å². The van der Waals surface area contributed by atoms with Crippen LogP contribution in [-0.2, 0) is 14.3 Å². The molecule has 2 aliphatic carbocycles. The summed E-state index contributed by atoms with van der Waals surface area (Å²) in [6, 6.07) is 0. The fourth-order valence-corrected chi connectivity index (χ4v) is 4.58. The first kappa shape index (κ1) is 13.8. The van der Waals surface area contributed by atoms with Crippen LogP contribution in [0.25, 0.3) is 0 Å². The lowest BCUT2D eigenvalue weighted by atomic mass is 9.46. The summed E-state index contributed by atoms with van der Waals surface area (Å²) >= 11 is 0. The van der Waals surface area contributed by atoms with Crippen LogP contribution in [0.3, 0.4) is 0 Å². The van der Waals surface area contributed by atoms with E-state index in [2.05, 4.69) is 0 Å². The molecule has 0 spiro atoms. The van der Waals surface area contributed by atoms with Gasteiger partial charge in [-0.15, -0.1) is 0 Å². The van der Waals surface area contributed by atoms with Crippen LogP contribution >= 0.6 is 0 Å². The van der Waals surface area contributed by atoms with E-state index in [4.69, 9.17) is 4.74 Å². The highest BCUT2D eigenvalue weighted by Gasteiger charge is 2.70. The number of carbonyl (C=O) groups excluding carboxylic acids is 2. The van der Waals surface area contributed by atoms with Crippen LogP contribution in [0.4, 0.5) is 0 Å². The standard InChI is InChI=1S/C15H20O5/c1-13(2)10(17)4-5-14(3)11(13)9(16)6-8-7-20-12(18)15(8,14)19/h6,9,11,16,19H,4-5,7H2,1-3H3/t9-,11+,14+,15-/m0/s1. The van der Waals surface area contributed by atoms with Crippen LogP contribution in [0.1, 0.15) is 33.6 Å². The molecule has 2 N–H and O–H groups in total.